The van der Waals surface area contributed by atoms with E-state index in [1.54, 1.807) is 7.11 Å². The summed E-state index contributed by atoms with van der Waals surface area (Å²) >= 11 is 0. The summed E-state index contributed by atoms with van der Waals surface area (Å²) in [5.74, 6) is -0.298. The molecule has 8 heteroatoms. The van der Waals surface area contributed by atoms with Crippen molar-refractivity contribution < 1.29 is 27.5 Å². The van der Waals surface area contributed by atoms with Gasteiger partial charge in [-0.2, -0.15) is 13.2 Å². The van der Waals surface area contributed by atoms with Gasteiger partial charge in [0.05, 0.1) is 12.7 Å². The van der Waals surface area contributed by atoms with Gasteiger partial charge in [-0.25, -0.2) is 0 Å². The van der Waals surface area contributed by atoms with Crippen molar-refractivity contribution in [2.75, 3.05) is 25.1 Å². The van der Waals surface area contributed by atoms with Gasteiger partial charge in [-0.1, -0.05) is 24.3 Å². The van der Waals surface area contributed by atoms with Crippen molar-refractivity contribution in [1.29, 1.82) is 0 Å². The molecule has 150 valence electrons. The van der Waals surface area contributed by atoms with Gasteiger partial charge in [-0.3, -0.25) is 9.59 Å². The Hall–Kier alpha value is -3.03. The second-order valence-electron chi connectivity index (χ2n) is 6.07. The summed E-state index contributed by atoms with van der Waals surface area (Å²) < 4.78 is 43.9. The number of nitrogens with zero attached hydrogens (tertiary/aromatic N) is 1. The van der Waals surface area contributed by atoms with E-state index in [2.05, 4.69) is 5.32 Å². The molecule has 0 saturated carbocycles. The molecule has 5 nitrogen and oxygen atoms in total. The van der Waals surface area contributed by atoms with Crippen LogP contribution in [0.5, 0.6) is 5.75 Å². The second kappa shape index (κ2) is 9.25. The number of methoxy groups -OCH3 is 1. The topological polar surface area (TPSA) is 58.6 Å². The van der Waals surface area contributed by atoms with Crippen LogP contribution in [0, 0.1) is 0 Å². The molecule has 0 heterocycles. The fourth-order valence-corrected chi connectivity index (χ4v) is 2.68. The number of amides is 2. The van der Waals surface area contributed by atoms with Crippen molar-refractivity contribution in [2.45, 2.75) is 19.5 Å². The minimum Gasteiger partial charge on any atom is -0.496 e. The van der Waals surface area contributed by atoms with Gasteiger partial charge >= 0.3 is 6.18 Å². The van der Waals surface area contributed by atoms with Crippen LogP contribution in [0.3, 0.4) is 0 Å². The number of anilines is 1. The lowest BCUT2D eigenvalue weighted by Gasteiger charge is -2.22. The standard InChI is InChI=1S/C20H21F3N2O3/c1-14(26)25(17-8-5-7-16(12-17)20(21,22)23)13-19(27)24-11-10-15-6-3-4-9-18(15)28-2/h3-9,12H,10-11,13H2,1-2H3,(H,24,27). The molecule has 0 radical (unpaired) electrons. The highest BCUT2D eigenvalue weighted by atomic mass is 19.4. The largest absolute Gasteiger partial charge is 0.496 e. The van der Waals surface area contributed by atoms with E-state index in [-0.39, 0.29) is 12.2 Å². The van der Waals surface area contributed by atoms with E-state index in [9.17, 15) is 22.8 Å². The summed E-state index contributed by atoms with van der Waals surface area (Å²) in [4.78, 5) is 25.1. The van der Waals surface area contributed by atoms with Gasteiger partial charge in [0, 0.05) is 19.2 Å². The first-order valence-corrected chi connectivity index (χ1v) is 8.56. The zero-order chi connectivity index (χ0) is 20.7. The maximum Gasteiger partial charge on any atom is 0.416 e. The molecule has 0 fully saturated rings. The molecule has 0 spiro atoms. The summed E-state index contributed by atoms with van der Waals surface area (Å²) in [6.07, 6.45) is -4.02. The van der Waals surface area contributed by atoms with Crippen molar-refractivity contribution >= 4 is 17.5 Å². The normalized spacial score (nSPS) is 11.0. The van der Waals surface area contributed by atoms with Crippen LogP contribution in [-0.4, -0.2) is 32.0 Å². The van der Waals surface area contributed by atoms with E-state index in [1.807, 2.05) is 24.3 Å². The van der Waals surface area contributed by atoms with Gasteiger partial charge in [0.15, 0.2) is 0 Å². The molecule has 2 aromatic rings. The third-order valence-electron chi connectivity index (χ3n) is 4.08. The van der Waals surface area contributed by atoms with Crippen molar-refractivity contribution in [3.63, 3.8) is 0 Å². The molecule has 0 bridgehead atoms. The predicted molar refractivity (Wildman–Crippen MR) is 99.2 cm³/mol. The van der Waals surface area contributed by atoms with E-state index in [4.69, 9.17) is 4.74 Å². The van der Waals surface area contributed by atoms with Gasteiger partial charge in [0.25, 0.3) is 0 Å². The highest BCUT2D eigenvalue weighted by Crippen LogP contribution is 2.31. The molecule has 0 aliphatic carbocycles. The SMILES string of the molecule is COc1ccccc1CCNC(=O)CN(C(C)=O)c1cccc(C(F)(F)F)c1. The van der Waals surface area contributed by atoms with Gasteiger partial charge < -0.3 is 15.0 Å². The molecule has 0 aliphatic heterocycles. The first-order valence-electron chi connectivity index (χ1n) is 8.56. The first kappa shape index (κ1) is 21.3. The third kappa shape index (κ3) is 5.73. The highest BCUT2D eigenvalue weighted by molar-refractivity contribution is 5.97. The van der Waals surface area contributed by atoms with Gasteiger partial charge in [-0.15, -0.1) is 0 Å². The van der Waals surface area contributed by atoms with Crippen molar-refractivity contribution in [3.05, 3.63) is 59.7 Å². The number of ether oxygens (including phenoxy) is 1. The van der Waals surface area contributed by atoms with E-state index in [0.717, 1.165) is 22.6 Å². The summed E-state index contributed by atoms with van der Waals surface area (Å²) in [5.41, 5.74) is 0.0432. The smallest absolute Gasteiger partial charge is 0.416 e. The van der Waals surface area contributed by atoms with Crippen LogP contribution in [0.4, 0.5) is 18.9 Å². The maximum absolute atomic E-state index is 12.9. The predicted octanol–water partition coefficient (Wildman–Crippen LogP) is 3.43. The van der Waals surface area contributed by atoms with Gasteiger partial charge in [-0.05, 0) is 36.2 Å². The minimum atomic E-state index is -4.53. The molecule has 0 unspecified atom stereocenters. The molecule has 2 amide bonds. The van der Waals surface area contributed by atoms with Crippen molar-refractivity contribution in [3.8, 4) is 5.75 Å². The monoisotopic (exact) mass is 394 g/mol. The number of nitrogens with one attached hydrogen (secondary N) is 1. The summed E-state index contributed by atoms with van der Waals surface area (Å²) in [7, 11) is 1.55. The first-order chi connectivity index (χ1) is 13.2. The lowest BCUT2D eigenvalue weighted by molar-refractivity contribution is -0.137. The molecule has 0 atom stereocenters. The Morgan fingerprint density at radius 1 is 1.11 bits per heavy atom. The Morgan fingerprint density at radius 3 is 2.46 bits per heavy atom. The van der Waals surface area contributed by atoms with Crippen LogP contribution in [0.2, 0.25) is 0 Å². The fourth-order valence-electron chi connectivity index (χ4n) is 2.68. The Bertz CT molecular complexity index is 837. The molecular formula is C20H21F3N2O3. The number of alkyl halides is 3. The number of benzene rings is 2. The Morgan fingerprint density at radius 2 is 1.82 bits per heavy atom. The Balaban J connectivity index is 2.01. The van der Waals surface area contributed by atoms with Crippen LogP contribution in [0.1, 0.15) is 18.1 Å². The van der Waals surface area contributed by atoms with Crippen LogP contribution in [0.25, 0.3) is 0 Å². The Labute approximate surface area is 161 Å². The number of hydrogen-bond acceptors (Lipinski definition) is 3. The zero-order valence-corrected chi connectivity index (χ0v) is 15.5. The molecule has 1 N–H and O–H groups in total. The zero-order valence-electron chi connectivity index (χ0n) is 15.5. The van der Waals surface area contributed by atoms with Crippen molar-refractivity contribution in [2.24, 2.45) is 0 Å². The van der Waals surface area contributed by atoms with E-state index in [1.165, 1.54) is 19.1 Å². The number of carbonyl (C=O) groups is 2. The lowest BCUT2D eigenvalue weighted by Crippen LogP contribution is -2.40. The number of para-hydroxylation sites is 1. The number of carbonyl (C=O) groups excluding carboxylic acids is 2. The summed E-state index contributed by atoms with van der Waals surface area (Å²) in [5, 5.41) is 2.67. The molecule has 0 aromatic heterocycles. The molecule has 0 aliphatic rings. The molecule has 2 aromatic carbocycles. The molecule has 0 saturated heterocycles. The number of rotatable bonds is 7. The summed E-state index contributed by atoms with van der Waals surface area (Å²) in [6, 6.07) is 11.7. The second-order valence-corrected chi connectivity index (χ2v) is 6.07. The molecule has 28 heavy (non-hydrogen) atoms. The fraction of sp³-hybridized carbons (Fsp3) is 0.300. The number of hydrogen-bond donors (Lipinski definition) is 1. The molecular weight excluding hydrogens is 373 g/mol. The Kier molecular flexibility index (Phi) is 7.03. The van der Waals surface area contributed by atoms with E-state index in [0.29, 0.717) is 18.7 Å². The summed E-state index contributed by atoms with van der Waals surface area (Å²) in [6.45, 7) is 1.12. The average Bonchev–Trinajstić information content (AvgIpc) is 2.65. The van der Waals surface area contributed by atoms with Gasteiger partial charge in [0.2, 0.25) is 11.8 Å². The minimum absolute atomic E-state index is 0.0159. The quantitative estimate of drug-likeness (QED) is 0.783. The number of halogens is 3. The van der Waals surface area contributed by atoms with Crippen LogP contribution < -0.4 is 15.0 Å². The van der Waals surface area contributed by atoms with Crippen molar-refractivity contribution in [1.82, 2.24) is 5.32 Å². The van der Waals surface area contributed by atoms with Crippen LogP contribution >= 0.6 is 0 Å². The van der Waals surface area contributed by atoms with Gasteiger partial charge in [0.1, 0.15) is 12.3 Å². The maximum atomic E-state index is 12.9. The lowest BCUT2D eigenvalue weighted by atomic mass is 10.1. The van der Waals surface area contributed by atoms with E-state index >= 15 is 0 Å². The molecule has 2 rings (SSSR count). The third-order valence-corrected chi connectivity index (χ3v) is 4.08. The average molecular weight is 394 g/mol. The van der Waals surface area contributed by atoms with E-state index < -0.39 is 23.6 Å². The van der Waals surface area contributed by atoms with Crippen LogP contribution in [0.15, 0.2) is 48.5 Å². The highest BCUT2D eigenvalue weighted by Gasteiger charge is 2.31. The van der Waals surface area contributed by atoms with Crippen LogP contribution in [-0.2, 0) is 22.2 Å².